The van der Waals surface area contributed by atoms with Crippen LogP contribution >= 0.6 is 0 Å². The molecule has 6 heteroatoms. The second-order valence-corrected chi connectivity index (χ2v) is 5.72. The maximum Gasteiger partial charge on any atom is 0.337 e. The zero-order chi connectivity index (χ0) is 18.4. The number of rotatable bonds is 7. The first kappa shape index (κ1) is 17.7. The van der Waals surface area contributed by atoms with Gasteiger partial charge in [-0.05, 0) is 55.0 Å². The number of aromatic nitrogens is 2. The van der Waals surface area contributed by atoms with Crippen molar-refractivity contribution < 1.29 is 18.8 Å². The molecule has 134 valence electrons. The van der Waals surface area contributed by atoms with Crippen LogP contribution in [0.1, 0.15) is 30.1 Å². The number of ether oxygens (including phenoxy) is 2. The minimum atomic E-state index is -0.385. The molecule has 0 atom stereocenters. The Morgan fingerprint density at radius 3 is 2.38 bits per heavy atom. The third-order valence-electron chi connectivity index (χ3n) is 3.86. The lowest BCUT2D eigenvalue weighted by atomic mass is 10.1. The van der Waals surface area contributed by atoms with Crippen molar-refractivity contribution in [3.63, 3.8) is 0 Å². The van der Waals surface area contributed by atoms with E-state index in [0.29, 0.717) is 23.9 Å². The lowest BCUT2D eigenvalue weighted by Crippen LogP contribution is -2.00. The van der Waals surface area contributed by atoms with Gasteiger partial charge in [0.25, 0.3) is 5.89 Å². The predicted octanol–water partition coefficient (Wildman–Crippen LogP) is 4.37. The van der Waals surface area contributed by atoms with Crippen LogP contribution in [0.15, 0.2) is 53.1 Å². The van der Waals surface area contributed by atoms with E-state index in [-0.39, 0.29) is 5.97 Å². The van der Waals surface area contributed by atoms with Crippen molar-refractivity contribution in [1.82, 2.24) is 10.1 Å². The van der Waals surface area contributed by atoms with E-state index in [4.69, 9.17) is 9.26 Å². The summed E-state index contributed by atoms with van der Waals surface area (Å²) in [5, 5.41) is 4.02. The van der Waals surface area contributed by atoms with E-state index in [2.05, 4.69) is 21.8 Å². The van der Waals surface area contributed by atoms with Crippen molar-refractivity contribution in [1.29, 1.82) is 0 Å². The molecule has 0 saturated heterocycles. The van der Waals surface area contributed by atoms with Gasteiger partial charge < -0.3 is 14.0 Å². The zero-order valence-electron chi connectivity index (χ0n) is 14.8. The second kappa shape index (κ2) is 8.29. The molecule has 0 aliphatic heterocycles. The van der Waals surface area contributed by atoms with Gasteiger partial charge in [-0.15, -0.1) is 0 Å². The van der Waals surface area contributed by atoms with Crippen LogP contribution in [0.5, 0.6) is 5.75 Å². The van der Waals surface area contributed by atoms with Gasteiger partial charge in [-0.1, -0.05) is 18.5 Å². The quantitative estimate of drug-likeness (QED) is 0.464. The SMILES string of the molecule is CCCCOc1ccc(-c2noc(-c3ccc(C(=O)OC)cc3)n2)cc1. The molecule has 0 bridgehead atoms. The number of nitrogens with zero attached hydrogens (tertiary/aromatic N) is 2. The van der Waals surface area contributed by atoms with Gasteiger partial charge in [-0.3, -0.25) is 0 Å². The number of methoxy groups -OCH3 is 1. The van der Waals surface area contributed by atoms with Crippen LogP contribution in [0.4, 0.5) is 0 Å². The third-order valence-corrected chi connectivity index (χ3v) is 3.86. The Balaban J connectivity index is 1.72. The average Bonchev–Trinajstić information content (AvgIpc) is 3.18. The molecule has 1 heterocycles. The number of hydrogen-bond acceptors (Lipinski definition) is 6. The van der Waals surface area contributed by atoms with E-state index in [1.165, 1.54) is 7.11 Å². The van der Waals surface area contributed by atoms with Gasteiger partial charge in [0.2, 0.25) is 5.82 Å². The maximum absolute atomic E-state index is 11.5. The highest BCUT2D eigenvalue weighted by Gasteiger charge is 2.12. The van der Waals surface area contributed by atoms with Crippen molar-refractivity contribution >= 4 is 5.97 Å². The number of carbonyl (C=O) groups excluding carboxylic acids is 1. The number of benzene rings is 2. The maximum atomic E-state index is 11.5. The zero-order valence-corrected chi connectivity index (χ0v) is 14.8. The first-order valence-electron chi connectivity index (χ1n) is 8.47. The van der Waals surface area contributed by atoms with E-state index in [9.17, 15) is 4.79 Å². The van der Waals surface area contributed by atoms with Gasteiger partial charge in [-0.25, -0.2) is 4.79 Å². The summed E-state index contributed by atoms with van der Waals surface area (Å²) in [6, 6.07) is 14.4. The second-order valence-electron chi connectivity index (χ2n) is 5.72. The number of unbranched alkanes of at least 4 members (excludes halogenated alkanes) is 1. The normalized spacial score (nSPS) is 10.5. The van der Waals surface area contributed by atoms with Crippen LogP contribution in [0.2, 0.25) is 0 Å². The molecule has 0 spiro atoms. The summed E-state index contributed by atoms with van der Waals surface area (Å²) in [4.78, 5) is 15.9. The van der Waals surface area contributed by atoms with Gasteiger partial charge in [0.15, 0.2) is 0 Å². The molecule has 0 aliphatic carbocycles. The smallest absolute Gasteiger partial charge is 0.337 e. The molecule has 3 aromatic rings. The van der Waals surface area contributed by atoms with Gasteiger partial charge >= 0.3 is 5.97 Å². The summed E-state index contributed by atoms with van der Waals surface area (Å²) >= 11 is 0. The Labute approximate surface area is 151 Å². The number of carbonyl (C=O) groups is 1. The first-order valence-corrected chi connectivity index (χ1v) is 8.47. The van der Waals surface area contributed by atoms with Crippen molar-refractivity contribution in [3.05, 3.63) is 54.1 Å². The highest BCUT2D eigenvalue weighted by molar-refractivity contribution is 5.89. The molecule has 0 fully saturated rings. The van der Waals surface area contributed by atoms with E-state index >= 15 is 0 Å². The molecular weight excluding hydrogens is 332 g/mol. The monoisotopic (exact) mass is 352 g/mol. The fourth-order valence-corrected chi connectivity index (χ4v) is 2.36. The summed E-state index contributed by atoms with van der Waals surface area (Å²) in [6.07, 6.45) is 2.13. The Bertz CT molecular complexity index is 854. The van der Waals surface area contributed by atoms with Crippen LogP contribution in [-0.2, 0) is 4.74 Å². The molecule has 0 aliphatic rings. The molecule has 26 heavy (non-hydrogen) atoms. The van der Waals surface area contributed by atoms with Crippen molar-refractivity contribution in [2.24, 2.45) is 0 Å². The molecule has 2 aromatic carbocycles. The summed E-state index contributed by atoms with van der Waals surface area (Å²) in [6.45, 7) is 2.84. The van der Waals surface area contributed by atoms with Gasteiger partial charge in [0.1, 0.15) is 5.75 Å². The van der Waals surface area contributed by atoms with Crippen LogP contribution in [0, 0.1) is 0 Å². The van der Waals surface area contributed by atoms with Crippen LogP contribution in [0.25, 0.3) is 22.8 Å². The van der Waals surface area contributed by atoms with Crippen LogP contribution in [-0.4, -0.2) is 29.8 Å². The van der Waals surface area contributed by atoms with Crippen LogP contribution < -0.4 is 4.74 Å². The number of esters is 1. The summed E-state index contributed by atoms with van der Waals surface area (Å²) < 4.78 is 15.7. The summed E-state index contributed by atoms with van der Waals surface area (Å²) in [5.74, 6) is 1.32. The molecule has 0 unspecified atom stereocenters. The van der Waals surface area contributed by atoms with E-state index in [0.717, 1.165) is 29.7 Å². The predicted molar refractivity (Wildman–Crippen MR) is 96.9 cm³/mol. The fraction of sp³-hybridized carbons (Fsp3) is 0.250. The largest absolute Gasteiger partial charge is 0.494 e. The third kappa shape index (κ3) is 4.08. The lowest BCUT2D eigenvalue weighted by Gasteiger charge is -2.04. The molecule has 0 amide bonds. The Morgan fingerprint density at radius 1 is 1.04 bits per heavy atom. The Hall–Kier alpha value is -3.15. The van der Waals surface area contributed by atoms with Gasteiger partial charge in [0, 0.05) is 11.1 Å². The molecule has 0 radical (unpaired) electrons. The summed E-state index contributed by atoms with van der Waals surface area (Å²) in [7, 11) is 1.35. The van der Waals surface area contributed by atoms with Crippen LogP contribution in [0.3, 0.4) is 0 Å². The molecule has 0 N–H and O–H groups in total. The van der Waals surface area contributed by atoms with E-state index < -0.39 is 0 Å². The summed E-state index contributed by atoms with van der Waals surface area (Å²) in [5.41, 5.74) is 2.04. The topological polar surface area (TPSA) is 74.5 Å². The molecule has 3 rings (SSSR count). The highest BCUT2D eigenvalue weighted by atomic mass is 16.5. The Kier molecular flexibility index (Phi) is 5.63. The first-order chi connectivity index (χ1) is 12.7. The Morgan fingerprint density at radius 2 is 1.73 bits per heavy atom. The minimum Gasteiger partial charge on any atom is -0.494 e. The van der Waals surface area contributed by atoms with Gasteiger partial charge in [0.05, 0.1) is 19.3 Å². The highest BCUT2D eigenvalue weighted by Crippen LogP contribution is 2.24. The molecule has 1 aromatic heterocycles. The van der Waals surface area contributed by atoms with Crippen molar-refractivity contribution in [2.45, 2.75) is 19.8 Å². The van der Waals surface area contributed by atoms with Crippen molar-refractivity contribution in [3.8, 4) is 28.6 Å². The molecule has 6 nitrogen and oxygen atoms in total. The standard InChI is InChI=1S/C20H20N2O4/c1-3-4-13-25-17-11-9-14(10-12-17)18-21-19(26-22-18)15-5-7-16(8-6-15)20(23)24-2/h5-12H,3-4,13H2,1-2H3. The average molecular weight is 352 g/mol. The van der Waals surface area contributed by atoms with Gasteiger partial charge in [-0.2, -0.15) is 4.98 Å². The van der Waals surface area contributed by atoms with E-state index in [1.54, 1.807) is 24.3 Å². The molecule has 0 saturated carbocycles. The number of hydrogen-bond donors (Lipinski definition) is 0. The van der Waals surface area contributed by atoms with E-state index in [1.807, 2.05) is 24.3 Å². The minimum absolute atomic E-state index is 0.385. The van der Waals surface area contributed by atoms with Crippen molar-refractivity contribution in [2.75, 3.05) is 13.7 Å². The lowest BCUT2D eigenvalue weighted by molar-refractivity contribution is 0.0600. The fourth-order valence-electron chi connectivity index (χ4n) is 2.36. The molecular formula is C20H20N2O4.